The van der Waals surface area contributed by atoms with Crippen LogP contribution in [-0.2, 0) is 9.53 Å². The Labute approximate surface area is 131 Å². The van der Waals surface area contributed by atoms with Crippen LogP contribution >= 0.6 is 0 Å². The summed E-state index contributed by atoms with van der Waals surface area (Å²) in [6.07, 6.45) is 19.7. The maximum absolute atomic E-state index is 10.6. The highest BCUT2D eigenvalue weighted by molar-refractivity contribution is 5.73. The molecule has 0 aromatic carbocycles. The third-order valence-corrected chi connectivity index (χ3v) is 4.35. The highest BCUT2D eigenvalue weighted by Gasteiger charge is 2.20. The molecule has 0 bridgehead atoms. The first-order valence-electron chi connectivity index (χ1n) is 9.19. The molecule has 1 atom stereocenters. The summed E-state index contributed by atoms with van der Waals surface area (Å²) in [5, 5.41) is 0. The van der Waals surface area contributed by atoms with Crippen LogP contribution in [0.2, 0.25) is 0 Å². The number of rotatable bonds is 16. The van der Waals surface area contributed by atoms with Gasteiger partial charge in [-0.05, 0) is 12.8 Å². The van der Waals surface area contributed by atoms with E-state index in [0.717, 1.165) is 19.4 Å². The Bertz CT molecular complexity index is 252. The van der Waals surface area contributed by atoms with Crippen LogP contribution in [0.15, 0.2) is 0 Å². The molecule has 1 rings (SSSR count). The number of ether oxygens (including phenoxy) is 1. The van der Waals surface area contributed by atoms with E-state index >= 15 is 0 Å². The van der Waals surface area contributed by atoms with Crippen LogP contribution in [0.25, 0.3) is 0 Å². The molecule has 1 heterocycles. The van der Waals surface area contributed by atoms with E-state index in [9.17, 15) is 4.79 Å². The lowest BCUT2D eigenvalue weighted by Crippen LogP contribution is -2.09. The fourth-order valence-electron chi connectivity index (χ4n) is 2.85. The number of amides is 1. The summed E-state index contributed by atoms with van der Waals surface area (Å²) < 4.78 is 5.21. The van der Waals surface area contributed by atoms with Crippen LogP contribution in [0.1, 0.15) is 96.3 Å². The summed E-state index contributed by atoms with van der Waals surface area (Å²) >= 11 is 0. The normalized spacial score (nSPS) is 17.0. The van der Waals surface area contributed by atoms with Gasteiger partial charge in [0.1, 0.15) is 0 Å². The van der Waals surface area contributed by atoms with Crippen molar-refractivity contribution >= 4 is 5.91 Å². The van der Waals surface area contributed by atoms with Gasteiger partial charge in [0, 0.05) is 6.42 Å². The minimum absolute atomic E-state index is 0.157. The minimum Gasteiger partial charge on any atom is -0.373 e. The second-order valence-corrected chi connectivity index (χ2v) is 6.56. The molecule has 1 unspecified atom stereocenters. The summed E-state index contributed by atoms with van der Waals surface area (Å²) in [5.41, 5.74) is 5.11. The van der Waals surface area contributed by atoms with Crippen LogP contribution in [0.4, 0.5) is 0 Å². The Morgan fingerprint density at radius 3 is 1.52 bits per heavy atom. The summed E-state index contributed by atoms with van der Waals surface area (Å²) in [4.78, 5) is 10.6. The SMILES string of the molecule is NC(=O)CCCCCCCCCCCCCCCC1CO1. The van der Waals surface area contributed by atoms with Crippen LogP contribution in [-0.4, -0.2) is 18.6 Å². The average Bonchev–Trinajstić information content (AvgIpc) is 3.27. The number of carbonyl (C=O) groups is 1. The molecule has 0 aromatic rings. The van der Waals surface area contributed by atoms with Gasteiger partial charge in [-0.1, -0.05) is 77.0 Å². The molecule has 2 N–H and O–H groups in total. The highest BCUT2D eigenvalue weighted by Crippen LogP contribution is 2.18. The topological polar surface area (TPSA) is 55.6 Å². The first-order valence-corrected chi connectivity index (χ1v) is 9.19. The molecule has 21 heavy (non-hydrogen) atoms. The molecular weight excluding hydrogens is 262 g/mol. The fraction of sp³-hybridized carbons (Fsp3) is 0.944. The molecule has 3 heteroatoms. The van der Waals surface area contributed by atoms with Crippen molar-refractivity contribution in [1.29, 1.82) is 0 Å². The number of nitrogens with two attached hydrogens (primary N) is 1. The monoisotopic (exact) mass is 297 g/mol. The molecule has 0 aliphatic carbocycles. The Morgan fingerprint density at radius 2 is 1.14 bits per heavy atom. The summed E-state index contributed by atoms with van der Waals surface area (Å²) in [5.74, 6) is -0.157. The highest BCUT2D eigenvalue weighted by atomic mass is 16.6. The second kappa shape index (κ2) is 13.1. The summed E-state index contributed by atoms with van der Waals surface area (Å²) in [6.45, 7) is 1.02. The fourth-order valence-corrected chi connectivity index (χ4v) is 2.85. The number of hydrogen-bond donors (Lipinski definition) is 1. The van der Waals surface area contributed by atoms with Crippen molar-refractivity contribution < 1.29 is 9.53 Å². The van der Waals surface area contributed by atoms with Crippen LogP contribution in [0.5, 0.6) is 0 Å². The van der Waals surface area contributed by atoms with Crippen molar-refractivity contribution in [2.75, 3.05) is 6.61 Å². The number of epoxide rings is 1. The zero-order chi connectivity index (χ0) is 15.2. The van der Waals surface area contributed by atoms with Crippen molar-refractivity contribution in [3.05, 3.63) is 0 Å². The van der Waals surface area contributed by atoms with Crippen LogP contribution < -0.4 is 5.73 Å². The molecular formula is C18H35NO2. The lowest BCUT2D eigenvalue weighted by atomic mass is 10.0. The third-order valence-electron chi connectivity index (χ3n) is 4.35. The van der Waals surface area contributed by atoms with Gasteiger partial charge in [-0.2, -0.15) is 0 Å². The quantitative estimate of drug-likeness (QED) is 0.331. The van der Waals surface area contributed by atoms with Gasteiger partial charge in [0.15, 0.2) is 0 Å². The number of carbonyl (C=O) groups excluding carboxylic acids is 1. The van der Waals surface area contributed by atoms with Gasteiger partial charge in [-0.3, -0.25) is 4.79 Å². The molecule has 1 saturated heterocycles. The van der Waals surface area contributed by atoms with Crippen molar-refractivity contribution in [2.24, 2.45) is 5.73 Å². The zero-order valence-corrected chi connectivity index (χ0v) is 13.8. The second-order valence-electron chi connectivity index (χ2n) is 6.56. The molecule has 1 fully saturated rings. The molecule has 1 aliphatic heterocycles. The maximum atomic E-state index is 10.6. The van der Waals surface area contributed by atoms with E-state index < -0.39 is 0 Å². The molecule has 0 spiro atoms. The van der Waals surface area contributed by atoms with E-state index in [2.05, 4.69) is 0 Å². The third kappa shape index (κ3) is 14.1. The predicted molar refractivity (Wildman–Crippen MR) is 88.2 cm³/mol. The smallest absolute Gasteiger partial charge is 0.217 e. The van der Waals surface area contributed by atoms with Gasteiger partial charge in [0.25, 0.3) is 0 Å². The minimum atomic E-state index is -0.157. The lowest BCUT2D eigenvalue weighted by Gasteiger charge is -2.03. The molecule has 0 aromatic heterocycles. The van der Waals surface area contributed by atoms with Crippen molar-refractivity contribution in [3.63, 3.8) is 0 Å². The van der Waals surface area contributed by atoms with Gasteiger partial charge >= 0.3 is 0 Å². The largest absolute Gasteiger partial charge is 0.373 e. The van der Waals surface area contributed by atoms with E-state index in [4.69, 9.17) is 10.5 Å². The lowest BCUT2D eigenvalue weighted by molar-refractivity contribution is -0.118. The first kappa shape index (κ1) is 18.5. The Morgan fingerprint density at radius 1 is 0.762 bits per heavy atom. The number of hydrogen-bond acceptors (Lipinski definition) is 2. The van der Waals surface area contributed by atoms with Crippen molar-refractivity contribution in [1.82, 2.24) is 0 Å². The molecule has 3 nitrogen and oxygen atoms in total. The van der Waals surface area contributed by atoms with E-state index in [-0.39, 0.29) is 5.91 Å². The number of primary amides is 1. The standard InChI is InChI=1S/C18H35NO2/c19-18(20)15-13-11-9-7-5-3-1-2-4-6-8-10-12-14-17-16-21-17/h17H,1-16H2,(H2,19,20). The zero-order valence-electron chi connectivity index (χ0n) is 13.8. The van der Waals surface area contributed by atoms with Gasteiger partial charge in [-0.15, -0.1) is 0 Å². The van der Waals surface area contributed by atoms with Gasteiger partial charge in [0.2, 0.25) is 5.91 Å². The van der Waals surface area contributed by atoms with Crippen molar-refractivity contribution in [3.8, 4) is 0 Å². The molecule has 1 aliphatic rings. The van der Waals surface area contributed by atoms with Crippen molar-refractivity contribution in [2.45, 2.75) is 102 Å². The predicted octanol–water partition coefficient (Wildman–Crippen LogP) is 4.72. The Balaban J connectivity index is 1.62. The maximum Gasteiger partial charge on any atom is 0.217 e. The van der Waals surface area contributed by atoms with E-state index in [0.29, 0.717) is 12.5 Å². The number of unbranched alkanes of at least 4 members (excludes halogenated alkanes) is 12. The molecule has 0 saturated carbocycles. The van der Waals surface area contributed by atoms with Crippen LogP contribution in [0, 0.1) is 0 Å². The first-order chi connectivity index (χ1) is 10.3. The van der Waals surface area contributed by atoms with E-state index in [1.165, 1.54) is 77.0 Å². The summed E-state index contributed by atoms with van der Waals surface area (Å²) in [7, 11) is 0. The Kier molecular flexibility index (Phi) is 11.5. The van der Waals surface area contributed by atoms with Crippen LogP contribution in [0.3, 0.4) is 0 Å². The summed E-state index contributed by atoms with van der Waals surface area (Å²) in [6, 6.07) is 0. The van der Waals surface area contributed by atoms with Gasteiger partial charge < -0.3 is 10.5 Å². The van der Waals surface area contributed by atoms with E-state index in [1.807, 2.05) is 0 Å². The molecule has 124 valence electrons. The van der Waals surface area contributed by atoms with Gasteiger partial charge in [-0.25, -0.2) is 0 Å². The molecule has 1 amide bonds. The van der Waals surface area contributed by atoms with E-state index in [1.54, 1.807) is 0 Å². The molecule has 0 radical (unpaired) electrons. The Hall–Kier alpha value is -0.570. The van der Waals surface area contributed by atoms with Gasteiger partial charge in [0.05, 0.1) is 12.7 Å². The average molecular weight is 297 g/mol.